The minimum atomic E-state index is -0.0503. The van der Waals surface area contributed by atoms with Crippen LogP contribution in [0.15, 0.2) is 59.1 Å². The van der Waals surface area contributed by atoms with Crippen LogP contribution in [0.25, 0.3) is 15.8 Å². The van der Waals surface area contributed by atoms with Gasteiger partial charge in [0.05, 0.1) is 28.7 Å². The molecular weight excluding hydrogens is 495 g/mol. The van der Waals surface area contributed by atoms with E-state index in [2.05, 4.69) is 14.8 Å². The van der Waals surface area contributed by atoms with Crippen LogP contribution in [0.4, 0.5) is 0 Å². The average molecular weight is 515 g/mol. The summed E-state index contributed by atoms with van der Waals surface area (Å²) >= 11 is 15.3. The fraction of sp³-hybridized carbons (Fsp3) is 0.208. The number of fused-ring (bicyclic) bond motifs is 2. The zero-order valence-electron chi connectivity index (χ0n) is 17.6. The number of hydrogen-bond donors (Lipinski definition) is 1. The number of hydrogen-bond acceptors (Lipinski definition) is 5. The lowest BCUT2D eigenvalue weighted by molar-refractivity contribution is -0.118. The van der Waals surface area contributed by atoms with Gasteiger partial charge in [0.2, 0.25) is 5.91 Å². The Morgan fingerprint density at radius 2 is 2.09 bits per heavy atom. The molecule has 0 radical (unpaired) electrons. The standard InChI is InChI=1S/C24H20Cl2N4OS2/c25-18-10-8-17(19(26)12-18)14-30-23-15(4-3-5-16(23)13-27-30)9-11-22(31)29-33-24-28-20-6-1-2-7-21(20)32-24/h1-2,6-10,12-13H,3-5,11,14H2,(H,29,31)/b15-9+. The third kappa shape index (κ3) is 5.11. The maximum Gasteiger partial charge on any atom is 0.233 e. The SMILES string of the molecule is O=C(C/C=C1\CCCc2cnn(Cc3ccc(Cl)cc3Cl)c21)NSc1nc2ccccc2s1. The molecule has 0 unspecified atom stereocenters. The molecule has 0 saturated carbocycles. The molecule has 2 aromatic heterocycles. The number of halogens is 2. The molecule has 0 saturated heterocycles. The van der Waals surface area contributed by atoms with Gasteiger partial charge in [0, 0.05) is 28.4 Å². The minimum absolute atomic E-state index is 0.0503. The number of nitrogens with one attached hydrogen (secondary N) is 1. The van der Waals surface area contributed by atoms with Gasteiger partial charge in [-0.25, -0.2) is 4.98 Å². The first-order valence-corrected chi connectivity index (χ1v) is 12.9. The van der Waals surface area contributed by atoms with E-state index in [-0.39, 0.29) is 5.91 Å². The zero-order valence-corrected chi connectivity index (χ0v) is 20.7. The third-order valence-corrected chi connectivity index (χ3v) is 8.02. The summed E-state index contributed by atoms with van der Waals surface area (Å²) < 4.78 is 6.83. The van der Waals surface area contributed by atoms with Crippen LogP contribution in [0.2, 0.25) is 10.0 Å². The predicted octanol–water partition coefficient (Wildman–Crippen LogP) is 6.78. The number of nitrogens with zero attached hydrogens (tertiary/aromatic N) is 3. The molecule has 1 amide bonds. The van der Waals surface area contributed by atoms with Crippen LogP contribution in [0.3, 0.4) is 0 Å². The van der Waals surface area contributed by atoms with Gasteiger partial charge in [-0.05, 0) is 60.2 Å². The van der Waals surface area contributed by atoms with Crippen molar-refractivity contribution in [3.05, 3.63) is 81.6 Å². The van der Waals surface area contributed by atoms with Crippen LogP contribution in [0.5, 0.6) is 0 Å². The van der Waals surface area contributed by atoms with Gasteiger partial charge < -0.3 is 0 Å². The monoisotopic (exact) mass is 514 g/mol. The molecule has 0 bridgehead atoms. The molecule has 5 nitrogen and oxygen atoms in total. The van der Waals surface area contributed by atoms with Gasteiger partial charge in [-0.1, -0.05) is 47.5 Å². The number of rotatable bonds is 6. The lowest BCUT2D eigenvalue weighted by Gasteiger charge is -2.18. The first-order chi connectivity index (χ1) is 16.1. The number of benzene rings is 2. The van der Waals surface area contributed by atoms with E-state index in [0.29, 0.717) is 23.0 Å². The first kappa shape index (κ1) is 22.5. The number of carbonyl (C=O) groups is 1. The molecule has 2 aromatic carbocycles. The van der Waals surface area contributed by atoms with Crippen molar-refractivity contribution in [2.75, 3.05) is 0 Å². The van der Waals surface area contributed by atoms with E-state index in [9.17, 15) is 4.79 Å². The van der Waals surface area contributed by atoms with Crippen molar-refractivity contribution in [1.29, 1.82) is 0 Å². The van der Waals surface area contributed by atoms with E-state index in [1.807, 2.05) is 53.4 Å². The normalized spacial score (nSPS) is 14.5. The second-order valence-corrected chi connectivity index (χ2v) is 10.7. The highest BCUT2D eigenvalue weighted by molar-refractivity contribution is 7.99. The lowest BCUT2D eigenvalue weighted by atomic mass is 9.92. The van der Waals surface area contributed by atoms with Crippen molar-refractivity contribution in [2.24, 2.45) is 0 Å². The van der Waals surface area contributed by atoms with Crippen LogP contribution in [0, 0.1) is 0 Å². The number of amides is 1. The molecule has 0 aliphatic heterocycles. The fourth-order valence-electron chi connectivity index (χ4n) is 3.95. The van der Waals surface area contributed by atoms with E-state index in [1.54, 1.807) is 17.4 Å². The van der Waals surface area contributed by atoms with Crippen LogP contribution in [-0.4, -0.2) is 20.7 Å². The Labute approximate surface area is 209 Å². The Balaban J connectivity index is 1.27. The second kappa shape index (κ2) is 9.89. The molecule has 1 aliphatic rings. The first-order valence-electron chi connectivity index (χ1n) is 10.6. The Hall–Kier alpha value is -2.32. The quantitative estimate of drug-likeness (QED) is 0.288. The number of aromatic nitrogens is 3. The van der Waals surface area contributed by atoms with Gasteiger partial charge in [0.15, 0.2) is 4.34 Å². The molecule has 0 spiro atoms. The minimum Gasteiger partial charge on any atom is -0.294 e. The maximum absolute atomic E-state index is 12.5. The highest BCUT2D eigenvalue weighted by Gasteiger charge is 2.20. The number of allylic oxidation sites excluding steroid dienone is 1. The summed E-state index contributed by atoms with van der Waals surface area (Å²) in [5.41, 5.74) is 5.37. The summed E-state index contributed by atoms with van der Waals surface area (Å²) in [5.74, 6) is -0.0503. The van der Waals surface area contributed by atoms with E-state index >= 15 is 0 Å². The summed E-state index contributed by atoms with van der Waals surface area (Å²) in [6, 6.07) is 13.5. The smallest absolute Gasteiger partial charge is 0.233 e. The van der Waals surface area contributed by atoms with Crippen LogP contribution in [-0.2, 0) is 17.8 Å². The van der Waals surface area contributed by atoms with Gasteiger partial charge in [0.25, 0.3) is 0 Å². The van der Waals surface area contributed by atoms with E-state index in [0.717, 1.165) is 50.6 Å². The summed E-state index contributed by atoms with van der Waals surface area (Å²) in [6.07, 6.45) is 7.21. The molecule has 0 fully saturated rings. The van der Waals surface area contributed by atoms with E-state index in [4.69, 9.17) is 23.2 Å². The van der Waals surface area contributed by atoms with Crippen LogP contribution >= 0.6 is 46.5 Å². The maximum atomic E-state index is 12.5. The highest BCUT2D eigenvalue weighted by atomic mass is 35.5. The van der Waals surface area contributed by atoms with E-state index < -0.39 is 0 Å². The summed E-state index contributed by atoms with van der Waals surface area (Å²) in [4.78, 5) is 17.1. The molecular formula is C24H20Cl2N4OS2. The number of aryl methyl sites for hydroxylation is 1. The molecule has 5 rings (SSSR count). The average Bonchev–Trinajstić information content (AvgIpc) is 3.42. The molecule has 4 aromatic rings. The molecule has 1 aliphatic carbocycles. The largest absolute Gasteiger partial charge is 0.294 e. The van der Waals surface area contributed by atoms with E-state index in [1.165, 1.54) is 17.5 Å². The Morgan fingerprint density at radius 3 is 2.94 bits per heavy atom. The van der Waals surface area contributed by atoms with Gasteiger partial charge in [0.1, 0.15) is 0 Å². The highest BCUT2D eigenvalue weighted by Crippen LogP contribution is 2.33. The number of para-hydroxylation sites is 1. The van der Waals surface area contributed by atoms with Crippen molar-refractivity contribution >= 4 is 68.2 Å². The van der Waals surface area contributed by atoms with Crippen molar-refractivity contribution in [2.45, 2.75) is 36.6 Å². The molecule has 1 N–H and O–H groups in total. The summed E-state index contributed by atoms with van der Waals surface area (Å²) in [7, 11) is 0. The number of thiazole rings is 1. The molecule has 9 heteroatoms. The van der Waals surface area contributed by atoms with Crippen molar-refractivity contribution < 1.29 is 4.79 Å². The number of carbonyl (C=O) groups excluding carboxylic acids is 1. The molecule has 168 valence electrons. The van der Waals surface area contributed by atoms with Crippen molar-refractivity contribution in [3.63, 3.8) is 0 Å². The third-order valence-electron chi connectivity index (χ3n) is 5.51. The van der Waals surface area contributed by atoms with Crippen LogP contribution < -0.4 is 4.72 Å². The second-order valence-electron chi connectivity index (χ2n) is 7.77. The topological polar surface area (TPSA) is 59.8 Å². The molecule has 2 heterocycles. The lowest BCUT2D eigenvalue weighted by Crippen LogP contribution is -2.15. The fourth-order valence-corrected chi connectivity index (χ4v) is 6.10. The van der Waals surface area contributed by atoms with Crippen molar-refractivity contribution in [1.82, 2.24) is 19.5 Å². The molecule has 0 atom stereocenters. The van der Waals surface area contributed by atoms with Gasteiger partial charge in [-0.3, -0.25) is 14.2 Å². The van der Waals surface area contributed by atoms with Crippen molar-refractivity contribution in [3.8, 4) is 0 Å². The van der Waals surface area contributed by atoms with Crippen LogP contribution in [0.1, 0.15) is 36.1 Å². The Bertz CT molecular complexity index is 1330. The van der Waals surface area contributed by atoms with Gasteiger partial charge in [-0.2, -0.15) is 5.10 Å². The Morgan fingerprint density at radius 1 is 1.21 bits per heavy atom. The summed E-state index contributed by atoms with van der Waals surface area (Å²) in [5, 5.41) is 5.84. The summed E-state index contributed by atoms with van der Waals surface area (Å²) in [6.45, 7) is 0.558. The zero-order chi connectivity index (χ0) is 22.8. The molecule has 33 heavy (non-hydrogen) atoms. The van der Waals surface area contributed by atoms with Gasteiger partial charge in [-0.15, -0.1) is 11.3 Å². The Kier molecular flexibility index (Phi) is 6.74. The van der Waals surface area contributed by atoms with Gasteiger partial charge >= 0.3 is 0 Å². The predicted molar refractivity (Wildman–Crippen MR) is 137 cm³/mol.